The Balaban J connectivity index is 1.41. The molecule has 4 rings (SSSR count). The molecule has 0 radical (unpaired) electrons. The number of fused-ring (bicyclic) bond motifs is 1. The fourth-order valence-electron chi connectivity index (χ4n) is 3.41. The number of carbonyl (C=O) groups is 2. The number of benzene rings is 3. The summed E-state index contributed by atoms with van der Waals surface area (Å²) in [6, 6.07) is 20.8. The first-order valence-electron chi connectivity index (χ1n) is 10.6. The molecule has 0 aliphatic carbocycles. The van der Waals surface area contributed by atoms with Gasteiger partial charge in [0.05, 0.1) is 11.3 Å². The third-order valence-corrected chi connectivity index (χ3v) is 6.43. The molecule has 1 aromatic heterocycles. The minimum atomic E-state index is -0.954. The minimum Gasteiger partial charge on any atom is -0.449 e. The number of anilines is 1. The van der Waals surface area contributed by atoms with Crippen molar-refractivity contribution < 1.29 is 18.8 Å². The number of rotatable bonds is 7. The van der Waals surface area contributed by atoms with Gasteiger partial charge < -0.3 is 14.6 Å². The first-order chi connectivity index (χ1) is 15.9. The van der Waals surface area contributed by atoms with Crippen molar-refractivity contribution in [2.45, 2.75) is 37.5 Å². The second-order valence-electron chi connectivity index (χ2n) is 7.69. The van der Waals surface area contributed by atoms with Crippen LogP contribution in [-0.4, -0.2) is 23.1 Å². The van der Waals surface area contributed by atoms with Crippen LogP contribution in [0, 0.1) is 13.8 Å². The van der Waals surface area contributed by atoms with E-state index in [1.807, 2.05) is 68.4 Å². The third-order valence-electron chi connectivity index (χ3n) is 5.33. The number of hydrogen-bond acceptors (Lipinski definition) is 6. The Morgan fingerprint density at radius 2 is 1.76 bits per heavy atom. The standard InChI is InChI=1S/C26H24N2O4S/c1-16-23(17(2)32-28-16)15-33-24-11-7-6-10-22(24)26(30)31-18(3)25(29)27-21-13-12-19-8-4-5-9-20(19)14-21/h4-14,18H,15H2,1-3H3,(H,27,29)/t18-/m0/s1. The van der Waals surface area contributed by atoms with Crippen LogP contribution in [0.5, 0.6) is 0 Å². The Morgan fingerprint density at radius 3 is 2.52 bits per heavy atom. The maximum Gasteiger partial charge on any atom is 0.340 e. The van der Waals surface area contributed by atoms with Crippen LogP contribution in [-0.2, 0) is 15.3 Å². The van der Waals surface area contributed by atoms with E-state index in [0.717, 1.165) is 32.7 Å². The number of amides is 1. The zero-order valence-electron chi connectivity index (χ0n) is 18.6. The summed E-state index contributed by atoms with van der Waals surface area (Å²) in [5.74, 6) is 0.445. The fraction of sp³-hybridized carbons (Fsp3) is 0.192. The van der Waals surface area contributed by atoms with Gasteiger partial charge in [-0.3, -0.25) is 4.79 Å². The number of aromatic nitrogens is 1. The van der Waals surface area contributed by atoms with Crippen molar-refractivity contribution in [2.24, 2.45) is 0 Å². The first-order valence-corrected chi connectivity index (χ1v) is 11.5. The summed E-state index contributed by atoms with van der Waals surface area (Å²) in [6.45, 7) is 5.32. The van der Waals surface area contributed by atoms with Gasteiger partial charge in [0, 0.05) is 21.9 Å². The molecular weight excluding hydrogens is 436 g/mol. The second-order valence-corrected chi connectivity index (χ2v) is 8.70. The highest BCUT2D eigenvalue weighted by molar-refractivity contribution is 7.98. The van der Waals surface area contributed by atoms with Crippen molar-refractivity contribution in [3.8, 4) is 0 Å². The van der Waals surface area contributed by atoms with Gasteiger partial charge in [-0.25, -0.2) is 4.79 Å². The molecule has 1 atom stereocenters. The second kappa shape index (κ2) is 9.92. The number of nitrogens with one attached hydrogen (secondary N) is 1. The van der Waals surface area contributed by atoms with Crippen LogP contribution in [0.1, 0.15) is 34.3 Å². The molecule has 0 unspecified atom stereocenters. The van der Waals surface area contributed by atoms with Crippen LogP contribution in [0.25, 0.3) is 10.8 Å². The van der Waals surface area contributed by atoms with Crippen LogP contribution in [0.15, 0.2) is 76.1 Å². The zero-order valence-corrected chi connectivity index (χ0v) is 19.4. The molecule has 1 amide bonds. The predicted octanol–water partition coefficient (Wildman–Crippen LogP) is 5.92. The van der Waals surface area contributed by atoms with Crippen LogP contribution >= 0.6 is 11.8 Å². The summed E-state index contributed by atoms with van der Waals surface area (Å²) in [4.78, 5) is 26.3. The van der Waals surface area contributed by atoms with E-state index in [-0.39, 0.29) is 5.91 Å². The van der Waals surface area contributed by atoms with Crippen LogP contribution in [0.3, 0.4) is 0 Å². The normalized spacial score (nSPS) is 11.8. The molecule has 7 heteroatoms. The monoisotopic (exact) mass is 460 g/mol. The van der Waals surface area contributed by atoms with Crippen LogP contribution in [0.4, 0.5) is 5.69 Å². The smallest absolute Gasteiger partial charge is 0.340 e. The van der Waals surface area contributed by atoms with Crippen molar-refractivity contribution in [1.82, 2.24) is 5.16 Å². The molecule has 0 saturated carbocycles. The summed E-state index contributed by atoms with van der Waals surface area (Å²) >= 11 is 1.50. The van der Waals surface area contributed by atoms with Gasteiger partial charge in [0.2, 0.25) is 0 Å². The van der Waals surface area contributed by atoms with E-state index < -0.39 is 12.1 Å². The molecule has 0 aliphatic heterocycles. The summed E-state index contributed by atoms with van der Waals surface area (Å²) in [7, 11) is 0. The van der Waals surface area contributed by atoms with Gasteiger partial charge in [-0.2, -0.15) is 0 Å². The highest BCUT2D eigenvalue weighted by Gasteiger charge is 2.21. The van der Waals surface area contributed by atoms with E-state index in [0.29, 0.717) is 17.0 Å². The Labute approximate surface area is 196 Å². The maximum atomic E-state index is 12.9. The van der Waals surface area contributed by atoms with E-state index in [9.17, 15) is 9.59 Å². The van der Waals surface area contributed by atoms with Gasteiger partial charge in [-0.1, -0.05) is 47.6 Å². The number of thioether (sulfide) groups is 1. The molecule has 33 heavy (non-hydrogen) atoms. The lowest BCUT2D eigenvalue weighted by molar-refractivity contribution is -0.123. The number of esters is 1. The zero-order chi connectivity index (χ0) is 23.4. The van der Waals surface area contributed by atoms with Crippen molar-refractivity contribution in [2.75, 3.05) is 5.32 Å². The number of carbonyl (C=O) groups excluding carboxylic acids is 2. The largest absolute Gasteiger partial charge is 0.449 e. The van der Waals surface area contributed by atoms with Crippen LogP contribution < -0.4 is 5.32 Å². The van der Waals surface area contributed by atoms with E-state index >= 15 is 0 Å². The third kappa shape index (κ3) is 5.26. The van der Waals surface area contributed by atoms with E-state index in [1.54, 1.807) is 19.1 Å². The topological polar surface area (TPSA) is 81.4 Å². The molecule has 168 valence electrons. The molecule has 0 saturated heterocycles. The van der Waals surface area contributed by atoms with Gasteiger partial charge in [-0.05, 0) is 55.8 Å². The van der Waals surface area contributed by atoms with Gasteiger partial charge in [-0.15, -0.1) is 11.8 Å². The molecule has 1 heterocycles. The molecule has 0 fully saturated rings. The predicted molar refractivity (Wildman–Crippen MR) is 129 cm³/mol. The average Bonchev–Trinajstić information content (AvgIpc) is 3.14. The highest BCUT2D eigenvalue weighted by atomic mass is 32.2. The Kier molecular flexibility index (Phi) is 6.79. The lowest BCUT2D eigenvalue weighted by Gasteiger charge is -2.15. The molecule has 4 aromatic rings. The Morgan fingerprint density at radius 1 is 1.03 bits per heavy atom. The van der Waals surface area contributed by atoms with Crippen molar-refractivity contribution in [3.63, 3.8) is 0 Å². The van der Waals surface area contributed by atoms with Crippen LogP contribution in [0.2, 0.25) is 0 Å². The summed E-state index contributed by atoms with van der Waals surface area (Å²) < 4.78 is 10.7. The minimum absolute atomic E-state index is 0.389. The van der Waals surface area contributed by atoms with Gasteiger partial charge in [0.15, 0.2) is 6.10 Å². The quantitative estimate of drug-likeness (QED) is 0.272. The summed E-state index contributed by atoms with van der Waals surface area (Å²) in [5, 5.41) is 8.90. The molecule has 6 nitrogen and oxygen atoms in total. The van der Waals surface area contributed by atoms with Gasteiger partial charge in [0.25, 0.3) is 5.91 Å². The molecule has 1 N–H and O–H groups in total. The molecule has 0 aliphatic rings. The molecule has 0 bridgehead atoms. The summed E-state index contributed by atoms with van der Waals surface area (Å²) in [6.07, 6.45) is -0.954. The average molecular weight is 461 g/mol. The Bertz CT molecular complexity index is 1300. The lowest BCUT2D eigenvalue weighted by Crippen LogP contribution is -2.30. The lowest BCUT2D eigenvalue weighted by atomic mass is 10.1. The summed E-state index contributed by atoms with van der Waals surface area (Å²) in [5.41, 5.74) is 2.90. The van der Waals surface area contributed by atoms with Crippen molar-refractivity contribution >= 4 is 40.1 Å². The Hall–Kier alpha value is -3.58. The SMILES string of the molecule is Cc1noc(C)c1CSc1ccccc1C(=O)O[C@@H](C)C(=O)Nc1ccc2ccccc2c1. The fourth-order valence-corrected chi connectivity index (χ4v) is 4.60. The number of ether oxygens (including phenoxy) is 1. The maximum absolute atomic E-state index is 12.9. The van der Waals surface area contributed by atoms with E-state index in [1.165, 1.54) is 11.8 Å². The first kappa shape index (κ1) is 22.6. The van der Waals surface area contributed by atoms with E-state index in [4.69, 9.17) is 9.26 Å². The number of hydrogen-bond donors (Lipinski definition) is 1. The van der Waals surface area contributed by atoms with Gasteiger partial charge >= 0.3 is 5.97 Å². The molecule has 0 spiro atoms. The van der Waals surface area contributed by atoms with E-state index in [2.05, 4.69) is 10.5 Å². The number of nitrogens with zero attached hydrogens (tertiary/aromatic N) is 1. The van der Waals surface area contributed by atoms with Gasteiger partial charge in [0.1, 0.15) is 5.76 Å². The molecular formula is C26H24N2O4S. The molecule has 3 aromatic carbocycles. The highest BCUT2D eigenvalue weighted by Crippen LogP contribution is 2.29. The number of aryl methyl sites for hydroxylation is 2. The van der Waals surface area contributed by atoms with Crippen molar-refractivity contribution in [3.05, 3.63) is 89.3 Å². The van der Waals surface area contributed by atoms with Crippen molar-refractivity contribution in [1.29, 1.82) is 0 Å².